The van der Waals surface area contributed by atoms with Crippen LogP contribution >= 0.6 is 11.6 Å². The molecule has 1 aliphatic heterocycles. The Kier molecular flexibility index (Phi) is 7.09. The second-order valence-corrected chi connectivity index (χ2v) is 9.33. The molecular weight excluding hydrogens is 430 g/mol. The van der Waals surface area contributed by atoms with Crippen molar-refractivity contribution in [3.8, 4) is 0 Å². The highest BCUT2D eigenvalue weighted by Crippen LogP contribution is 2.28. The molecule has 10 heteroatoms. The van der Waals surface area contributed by atoms with Crippen LogP contribution in [0.2, 0.25) is 5.02 Å². The van der Waals surface area contributed by atoms with E-state index < -0.39 is 15.9 Å². The molecule has 3 N–H and O–H groups in total. The van der Waals surface area contributed by atoms with Gasteiger partial charge in [-0.3, -0.25) is 10.0 Å². The van der Waals surface area contributed by atoms with E-state index in [1.807, 2.05) is 0 Å². The van der Waals surface area contributed by atoms with Crippen molar-refractivity contribution in [1.29, 1.82) is 0 Å². The molecule has 0 unspecified atom stereocenters. The first-order chi connectivity index (χ1) is 14.4. The third-order valence-electron chi connectivity index (χ3n) is 5.15. The molecule has 30 heavy (non-hydrogen) atoms. The number of nitrogens with zero attached hydrogens (tertiary/aromatic N) is 2. The average Bonchev–Trinajstić information content (AvgIpc) is 2.76. The fraction of sp³-hybridized carbons (Fsp3) is 0.300. The quantitative estimate of drug-likeness (QED) is 0.270. The van der Waals surface area contributed by atoms with Gasteiger partial charge in [0.1, 0.15) is 0 Å². The predicted octanol–water partition coefficient (Wildman–Crippen LogP) is 2.67. The van der Waals surface area contributed by atoms with E-state index in [1.165, 1.54) is 15.9 Å². The summed E-state index contributed by atoms with van der Waals surface area (Å²) in [5, 5.41) is 22.3. The SMILES string of the molecule is O=C(Cc1ccccc1S(=O)(=O)N1CCC(/C(=N\O)c2ccc(Cl)cc2)CC1)NO. The highest BCUT2D eigenvalue weighted by molar-refractivity contribution is 7.89. The largest absolute Gasteiger partial charge is 0.411 e. The molecule has 1 fully saturated rings. The zero-order valence-corrected chi connectivity index (χ0v) is 17.6. The zero-order chi connectivity index (χ0) is 21.7. The molecule has 8 nitrogen and oxygen atoms in total. The second kappa shape index (κ2) is 9.57. The topological polar surface area (TPSA) is 119 Å². The molecule has 0 aromatic heterocycles. The fourth-order valence-electron chi connectivity index (χ4n) is 3.62. The number of sulfonamides is 1. The first-order valence-corrected chi connectivity index (χ1v) is 11.2. The van der Waals surface area contributed by atoms with Gasteiger partial charge in [-0.25, -0.2) is 13.9 Å². The van der Waals surface area contributed by atoms with Crippen molar-refractivity contribution in [1.82, 2.24) is 9.79 Å². The van der Waals surface area contributed by atoms with Crippen molar-refractivity contribution < 1.29 is 23.6 Å². The molecule has 1 heterocycles. The maximum absolute atomic E-state index is 13.2. The van der Waals surface area contributed by atoms with Crippen LogP contribution in [0.4, 0.5) is 0 Å². The van der Waals surface area contributed by atoms with Crippen molar-refractivity contribution in [3.63, 3.8) is 0 Å². The highest BCUT2D eigenvalue weighted by Gasteiger charge is 2.33. The van der Waals surface area contributed by atoms with Crippen molar-refractivity contribution >= 4 is 33.2 Å². The van der Waals surface area contributed by atoms with Crippen LogP contribution in [-0.2, 0) is 21.2 Å². The van der Waals surface area contributed by atoms with Gasteiger partial charge in [0.05, 0.1) is 17.0 Å². The molecule has 1 saturated heterocycles. The maximum atomic E-state index is 13.2. The second-order valence-electron chi connectivity index (χ2n) is 6.99. The highest BCUT2D eigenvalue weighted by atomic mass is 35.5. The third-order valence-corrected chi connectivity index (χ3v) is 7.41. The summed E-state index contributed by atoms with van der Waals surface area (Å²) in [6, 6.07) is 13.2. The molecule has 0 saturated carbocycles. The molecule has 2 aromatic rings. The Morgan fingerprint density at radius 1 is 1.13 bits per heavy atom. The van der Waals surface area contributed by atoms with Crippen LogP contribution in [0, 0.1) is 5.92 Å². The number of halogens is 1. The minimum absolute atomic E-state index is 0.0424. The van der Waals surface area contributed by atoms with Gasteiger partial charge in [0.15, 0.2) is 0 Å². The fourth-order valence-corrected chi connectivity index (χ4v) is 5.44. The number of nitrogens with one attached hydrogen (secondary N) is 1. The van der Waals surface area contributed by atoms with E-state index in [1.54, 1.807) is 42.5 Å². The Morgan fingerprint density at radius 2 is 1.77 bits per heavy atom. The van der Waals surface area contributed by atoms with E-state index in [2.05, 4.69) is 5.16 Å². The molecule has 0 aliphatic carbocycles. The third kappa shape index (κ3) is 4.81. The molecular formula is C20H22ClN3O5S. The summed E-state index contributed by atoms with van der Waals surface area (Å²) in [7, 11) is -3.82. The van der Waals surface area contributed by atoms with Crippen LogP contribution in [0.15, 0.2) is 58.6 Å². The van der Waals surface area contributed by atoms with Gasteiger partial charge >= 0.3 is 0 Å². The number of hydrogen-bond donors (Lipinski definition) is 3. The van der Waals surface area contributed by atoms with Gasteiger partial charge in [0, 0.05) is 24.0 Å². The van der Waals surface area contributed by atoms with Crippen LogP contribution in [-0.4, -0.2) is 47.8 Å². The minimum atomic E-state index is -3.82. The van der Waals surface area contributed by atoms with E-state index in [-0.39, 0.29) is 30.3 Å². The molecule has 160 valence electrons. The van der Waals surface area contributed by atoms with Crippen molar-refractivity contribution in [2.24, 2.45) is 11.1 Å². The molecule has 1 amide bonds. The molecule has 0 spiro atoms. The summed E-state index contributed by atoms with van der Waals surface area (Å²) in [5.74, 6) is -0.791. The van der Waals surface area contributed by atoms with Crippen LogP contribution in [0.3, 0.4) is 0 Å². The van der Waals surface area contributed by atoms with Gasteiger partial charge in [-0.15, -0.1) is 0 Å². The van der Waals surface area contributed by atoms with Crippen LogP contribution < -0.4 is 5.48 Å². The van der Waals surface area contributed by atoms with E-state index in [0.717, 1.165) is 5.56 Å². The van der Waals surface area contributed by atoms with Crippen LogP contribution in [0.5, 0.6) is 0 Å². The standard InChI is InChI=1S/C20H22ClN3O5S/c21-17-7-5-14(6-8-17)20(23-27)15-9-11-24(12-10-15)30(28,29)18-4-2-1-3-16(18)13-19(25)22-26/h1-8,15,26-27H,9-13H2,(H,22,25)/b23-20-. The van der Waals surface area contributed by atoms with Gasteiger partial charge < -0.3 is 5.21 Å². The van der Waals surface area contributed by atoms with Gasteiger partial charge in [-0.05, 0) is 42.2 Å². The number of benzene rings is 2. The minimum Gasteiger partial charge on any atom is -0.411 e. The number of hydrogen-bond acceptors (Lipinski definition) is 6. The van der Waals surface area contributed by atoms with Gasteiger partial charge in [0.25, 0.3) is 0 Å². The smallest absolute Gasteiger partial charge is 0.247 e. The number of rotatable bonds is 6. The van der Waals surface area contributed by atoms with Crippen molar-refractivity contribution in [3.05, 3.63) is 64.7 Å². The Hall–Kier alpha value is -2.46. The molecule has 1 aliphatic rings. The Balaban J connectivity index is 1.76. The van der Waals surface area contributed by atoms with E-state index in [4.69, 9.17) is 16.8 Å². The lowest BCUT2D eigenvalue weighted by Crippen LogP contribution is -2.40. The lowest BCUT2D eigenvalue weighted by atomic mass is 9.89. The first kappa shape index (κ1) is 22.2. The van der Waals surface area contributed by atoms with E-state index >= 15 is 0 Å². The van der Waals surface area contributed by atoms with Crippen LogP contribution in [0.1, 0.15) is 24.0 Å². The molecule has 0 atom stereocenters. The summed E-state index contributed by atoms with van der Waals surface area (Å²) in [5.41, 5.74) is 3.08. The van der Waals surface area contributed by atoms with E-state index in [0.29, 0.717) is 29.1 Å². The number of carbonyl (C=O) groups is 1. The molecule has 0 bridgehead atoms. The normalized spacial score (nSPS) is 16.4. The summed E-state index contributed by atoms with van der Waals surface area (Å²) in [4.78, 5) is 11.6. The van der Waals surface area contributed by atoms with E-state index in [9.17, 15) is 18.4 Å². The monoisotopic (exact) mass is 451 g/mol. The molecule has 2 aromatic carbocycles. The average molecular weight is 452 g/mol. The summed E-state index contributed by atoms with van der Waals surface area (Å²) in [6.45, 7) is 0.500. The Labute approximate surface area is 179 Å². The van der Waals surface area contributed by atoms with Crippen molar-refractivity contribution in [2.45, 2.75) is 24.2 Å². The molecule has 0 radical (unpaired) electrons. The lowest BCUT2D eigenvalue weighted by molar-refractivity contribution is -0.128. The number of piperidine rings is 1. The summed E-state index contributed by atoms with van der Waals surface area (Å²) < 4.78 is 27.7. The lowest BCUT2D eigenvalue weighted by Gasteiger charge is -2.32. The summed E-state index contributed by atoms with van der Waals surface area (Å²) >= 11 is 5.91. The Bertz CT molecular complexity index is 1030. The first-order valence-electron chi connectivity index (χ1n) is 9.35. The summed E-state index contributed by atoms with van der Waals surface area (Å²) in [6.07, 6.45) is 0.724. The molecule has 3 rings (SSSR count). The van der Waals surface area contributed by atoms with Crippen molar-refractivity contribution in [2.75, 3.05) is 13.1 Å². The Morgan fingerprint density at radius 3 is 2.37 bits per heavy atom. The predicted molar refractivity (Wildman–Crippen MR) is 111 cm³/mol. The number of amides is 1. The number of hydroxylamine groups is 1. The van der Waals surface area contributed by atoms with Gasteiger partial charge in [-0.1, -0.05) is 47.1 Å². The van der Waals surface area contributed by atoms with Gasteiger partial charge in [-0.2, -0.15) is 4.31 Å². The number of oxime groups is 1. The number of carbonyl (C=O) groups excluding carboxylic acids is 1. The maximum Gasteiger partial charge on any atom is 0.247 e. The van der Waals surface area contributed by atoms with Gasteiger partial charge in [0.2, 0.25) is 15.9 Å². The van der Waals surface area contributed by atoms with Crippen LogP contribution in [0.25, 0.3) is 0 Å². The zero-order valence-electron chi connectivity index (χ0n) is 16.0.